The Balaban J connectivity index is 2.23. The lowest BCUT2D eigenvalue weighted by Gasteiger charge is -2.34. The third-order valence-electron chi connectivity index (χ3n) is 6.71. The third-order valence-corrected chi connectivity index (χ3v) is 6.71. The van der Waals surface area contributed by atoms with Crippen LogP contribution in [0.2, 0.25) is 0 Å². The Morgan fingerprint density at radius 2 is 1.65 bits per heavy atom. The van der Waals surface area contributed by atoms with Crippen LogP contribution in [-0.2, 0) is 26.2 Å². The average Bonchev–Trinajstić information content (AvgIpc) is 3.07. The lowest BCUT2D eigenvalue weighted by atomic mass is 9.66. The quantitative estimate of drug-likeness (QED) is 0.240. The number of carboxylic acid groups (broad SMARTS) is 1. The molecule has 0 saturated heterocycles. The van der Waals surface area contributed by atoms with E-state index in [2.05, 4.69) is 13.8 Å². The van der Waals surface area contributed by atoms with E-state index in [1.54, 1.807) is 0 Å². The first-order valence-electron chi connectivity index (χ1n) is 12.2. The number of esters is 1. The van der Waals surface area contributed by atoms with Crippen LogP contribution in [0.5, 0.6) is 11.5 Å². The fourth-order valence-electron chi connectivity index (χ4n) is 5.13. The molecule has 7 nitrogen and oxygen atoms in total. The number of ketones is 1. The van der Waals surface area contributed by atoms with Crippen LogP contribution >= 0.6 is 0 Å². The van der Waals surface area contributed by atoms with Gasteiger partial charge in [-0.2, -0.15) is 0 Å². The molecular formula is C27H34O7. The zero-order chi connectivity index (χ0) is 24.9. The van der Waals surface area contributed by atoms with Crippen molar-refractivity contribution in [1.29, 1.82) is 0 Å². The Hall–Kier alpha value is -3.09. The summed E-state index contributed by atoms with van der Waals surface area (Å²) in [5, 5.41) is 20.5. The van der Waals surface area contributed by atoms with Gasteiger partial charge in [-0.25, -0.2) is 9.59 Å². The number of allylic oxidation sites excluding steroid dienone is 2. The minimum absolute atomic E-state index is 0.120. The lowest BCUT2D eigenvalue weighted by Crippen LogP contribution is -2.42. The van der Waals surface area contributed by atoms with Crippen LogP contribution < -0.4 is 4.74 Å². The summed E-state index contributed by atoms with van der Waals surface area (Å²) in [5.41, 5.74) is -0.465. The maximum Gasteiger partial charge on any atom is 0.339 e. The van der Waals surface area contributed by atoms with Gasteiger partial charge in [0.25, 0.3) is 0 Å². The maximum absolute atomic E-state index is 13.6. The fraction of sp³-hybridized carbons (Fsp3) is 0.519. The molecule has 1 spiro atoms. The van der Waals surface area contributed by atoms with Crippen molar-refractivity contribution in [3.63, 3.8) is 0 Å². The molecule has 0 fully saturated rings. The number of aromatic carboxylic acids is 1. The Morgan fingerprint density at radius 1 is 1.00 bits per heavy atom. The molecular weight excluding hydrogens is 436 g/mol. The first-order chi connectivity index (χ1) is 16.3. The van der Waals surface area contributed by atoms with Gasteiger partial charge in [-0.15, -0.1) is 0 Å². The number of carboxylic acids is 1. The van der Waals surface area contributed by atoms with E-state index in [0.717, 1.165) is 44.9 Å². The van der Waals surface area contributed by atoms with Crippen LogP contribution in [0.15, 0.2) is 29.6 Å². The van der Waals surface area contributed by atoms with Gasteiger partial charge in [0.15, 0.2) is 11.2 Å². The van der Waals surface area contributed by atoms with E-state index in [0.29, 0.717) is 36.0 Å². The fourth-order valence-corrected chi connectivity index (χ4v) is 5.13. The topological polar surface area (TPSA) is 110 Å². The third kappa shape index (κ3) is 4.48. The molecule has 1 heterocycles. The summed E-state index contributed by atoms with van der Waals surface area (Å²) in [6.45, 7) is 4.18. The smallest absolute Gasteiger partial charge is 0.339 e. The molecule has 34 heavy (non-hydrogen) atoms. The van der Waals surface area contributed by atoms with Crippen molar-refractivity contribution in [2.75, 3.05) is 7.11 Å². The van der Waals surface area contributed by atoms with Crippen molar-refractivity contribution in [1.82, 2.24) is 0 Å². The zero-order valence-electron chi connectivity index (χ0n) is 20.2. The second kappa shape index (κ2) is 10.9. The molecule has 2 N–H and O–H groups in total. The van der Waals surface area contributed by atoms with E-state index in [9.17, 15) is 24.6 Å². The lowest BCUT2D eigenvalue weighted by molar-refractivity contribution is -0.137. The molecule has 0 aromatic heterocycles. The highest BCUT2D eigenvalue weighted by Crippen LogP contribution is 2.55. The molecule has 0 saturated carbocycles. The van der Waals surface area contributed by atoms with Crippen molar-refractivity contribution in [2.24, 2.45) is 0 Å². The van der Waals surface area contributed by atoms with Gasteiger partial charge in [0, 0.05) is 17.7 Å². The van der Waals surface area contributed by atoms with Gasteiger partial charge in [0.2, 0.25) is 0 Å². The monoisotopic (exact) mass is 470 g/mol. The number of hydrogen-bond acceptors (Lipinski definition) is 6. The number of fused-ring (bicyclic) bond motifs is 2. The van der Waals surface area contributed by atoms with Crippen molar-refractivity contribution >= 4 is 17.7 Å². The van der Waals surface area contributed by atoms with E-state index >= 15 is 0 Å². The summed E-state index contributed by atoms with van der Waals surface area (Å²) >= 11 is 0. The maximum atomic E-state index is 13.6. The van der Waals surface area contributed by atoms with Crippen LogP contribution in [0.1, 0.15) is 93.1 Å². The van der Waals surface area contributed by atoms with Gasteiger partial charge in [-0.05, 0) is 42.9 Å². The second-order valence-corrected chi connectivity index (χ2v) is 8.97. The molecule has 1 aromatic carbocycles. The molecule has 184 valence electrons. The second-order valence-electron chi connectivity index (χ2n) is 8.97. The van der Waals surface area contributed by atoms with E-state index in [-0.39, 0.29) is 22.9 Å². The minimum atomic E-state index is -1.53. The molecule has 0 amide bonds. The number of hydrogen-bond donors (Lipinski definition) is 2. The number of benzene rings is 1. The summed E-state index contributed by atoms with van der Waals surface area (Å²) in [7, 11) is 1.39. The predicted molar refractivity (Wildman–Crippen MR) is 127 cm³/mol. The number of aromatic hydroxyl groups is 1. The van der Waals surface area contributed by atoms with Crippen LogP contribution in [0, 0.1) is 0 Å². The molecule has 1 aromatic rings. The van der Waals surface area contributed by atoms with Crippen molar-refractivity contribution < 1.29 is 34.1 Å². The van der Waals surface area contributed by atoms with Gasteiger partial charge in [0.05, 0.1) is 7.11 Å². The zero-order valence-corrected chi connectivity index (χ0v) is 20.2. The van der Waals surface area contributed by atoms with Crippen molar-refractivity contribution in [3.8, 4) is 11.5 Å². The van der Waals surface area contributed by atoms with Crippen LogP contribution in [-0.4, -0.2) is 35.0 Å². The minimum Gasteiger partial charge on any atom is -0.507 e. The summed E-state index contributed by atoms with van der Waals surface area (Å²) in [4.78, 5) is 38.3. The van der Waals surface area contributed by atoms with E-state index in [1.807, 2.05) is 0 Å². The Bertz CT molecular complexity index is 1030. The molecule has 1 aliphatic carbocycles. The first kappa shape index (κ1) is 25.5. The van der Waals surface area contributed by atoms with Gasteiger partial charge in [0.1, 0.15) is 22.8 Å². The highest BCUT2D eigenvalue weighted by molar-refractivity contribution is 6.09. The van der Waals surface area contributed by atoms with Crippen LogP contribution in [0.4, 0.5) is 0 Å². The Kier molecular flexibility index (Phi) is 8.18. The number of phenols is 1. The summed E-state index contributed by atoms with van der Waals surface area (Å²) in [6, 6.07) is 1.19. The van der Waals surface area contributed by atoms with Crippen molar-refractivity contribution in [3.05, 3.63) is 46.2 Å². The standard InChI is InChI=1S/C27H34O7/c1-4-6-8-9-11-13-19-23(25(30)31)20(29)16-21-24(19)27(26(32)34-21)17(12-10-7-5-2)14-18(28)15-22(27)33-3/h14-16,29H,4-13H2,1-3H3,(H,30,31). The number of methoxy groups -OCH3 is 1. The first-order valence-corrected chi connectivity index (χ1v) is 12.2. The number of carbonyl (C=O) groups is 3. The van der Waals surface area contributed by atoms with E-state index < -0.39 is 23.1 Å². The molecule has 1 aliphatic heterocycles. The molecule has 3 rings (SSSR count). The van der Waals surface area contributed by atoms with Crippen LogP contribution in [0.3, 0.4) is 0 Å². The highest BCUT2D eigenvalue weighted by atomic mass is 16.5. The van der Waals surface area contributed by atoms with Crippen molar-refractivity contribution in [2.45, 2.75) is 83.5 Å². The van der Waals surface area contributed by atoms with Gasteiger partial charge < -0.3 is 19.7 Å². The van der Waals surface area contributed by atoms with Gasteiger partial charge in [-0.1, -0.05) is 52.4 Å². The summed E-state index contributed by atoms with van der Waals surface area (Å²) in [6.07, 6.45) is 10.9. The Morgan fingerprint density at radius 3 is 2.29 bits per heavy atom. The predicted octanol–water partition coefficient (Wildman–Crippen LogP) is 5.38. The number of carbonyl (C=O) groups excluding carboxylic acids is 2. The highest BCUT2D eigenvalue weighted by Gasteiger charge is 2.59. The van der Waals surface area contributed by atoms with Gasteiger partial charge >= 0.3 is 11.9 Å². The molecule has 1 atom stereocenters. The summed E-state index contributed by atoms with van der Waals surface area (Å²) in [5.74, 6) is -2.39. The normalized spacial score (nSPS) is 19.0. The Labute approximate surface area is 200 Å². The molecule has 2 aliphatic rings. The average molecular weight is 471 g/mol. The van der Waals surface area contributed by atoms with E-state index in [1.165, 1.54) is 25.3 Å². The number of unbranched alkanes of at least 4 members (excludes halogenated alkanes) is 6. The van der Waals surface area contributed by atoms with E-state index in [4.69, 9.17) is 9.47 Å². The molecule has 1 unspecified atom stereocenters. The molecule has 0 radical (unpaired) electrons. The SMILES string of the molecule is CCCCCCCc1c(C(=O)O)c(O)cc2c1C1(C(=O)O2)C(CCCCC)=CC(=O)C=C1OC. The van der Waals surface area contributed by atoms with Gasteiger partial charge in [-0.3, -0.25) is 4.79 Å². The number of rotatable bonds is 12. The molecule has 7 heteroatoms. The largest absolute Gasteiger partial charge is 0.507 e. The summed E-state index contributed by atoms with van der Waals surface area (Å²) < 4.78 is 11.2. The van der Waals surface area contributed by atoms with Crippen LogP contribution in [0.25, 0.3) is 0 Å². The molecule has 0 bridgehead atoms. The number of ether oxygens (including phenoxy) is 2.